The number of hydrogen-bond acceptors (Lipinski definition) is 7. The Morgan fingerprint density at radius 2 is 2.00 bits per heavy atom. The van der Waals surface area contributed by atoms with E-state index in [1.807, 2.05) is 44.2 Å². The number of aromatic nitrogens is 2. The summed E-state index contributed by atoms with van der Waals surface area (Å²) in [5.41, 5.74) is 0.104. The Labute approximate surface area is 178 Å². The lowest BCUT2D eigenvalue weighted by atomic mass is 9.96. The van der Waals surface area contributed by atoms with Crippen LogP contribution >= 0.6 is 11.8 Å². The average molecular weight is 429 g/mol. The smallest absolute Gasteiger partial charge is 0.306 e. The summed E-state index contributed by atoms with van der Waals surface area (Å²) in [5.74, 6) is -0.847. The number of methoxy groups -OCH3 is 1. The van der Waals surface area contributed by atoms with Crippen LogP contribution in [0.2, 0.25) is 0 Å². The minimum atomic E-state index is -0.711. The third kappa shape index (κ3) is 4.94. The van der Waals surface area contributed by atoms with Crippen LogP contribution in [0.5, 0.6) is 5.75 Å². The Kier molecular flexibility index (Phi) is 6.99. The van der Waals surface area contributed by atoms with Crippen molar-refractivity contribution in [3.8, 4) is 5.75 Å². The molecule has 158 valence electrons. The predicted octanol–water partition coefficient (Wildman–Crippen LogP) is 4.11. The van der Waals surface area contributed by atoms with E-state index in [9.17, 15) is 14.7 Å². The normalized spacial score (nSPS) is 12.1. The third-order valence-corrected chi connectivity index (χ3v) is 5.62. The van der Waals surface area contributed by atoms with Crippen LogP contribution in [0.15, 0.2) is 62.8 Å². The molecule has 2 heterocycles. The van der Waals surface area contributed by atoms with Crippen LogP contribution in [-0.4, -0.2) is 28.0 Å². The first-order valence-electron chi connectivity index (χ1n) is 9.54. The van der Waals surface area contributed by atoms with Gasteiger partial charge in [0.25, 0.3) is 0 Å². The molecular weight excluding hydrogens is 404 g/mol. The number of esters is 1. The Balaban J connectivity index is 2.01. The second kappa shape index (κ2) is 9.67. The molecule has 2 aromatic heterocycles. The summed E-state index contributed by atoms with van der Waals surface area (Å²) >= 11 is 1.51. The molecule has 0 amide bonds. The number of ether oxygens (including phenoxy) is 1. The maximum absolute atomic E-state index is 12.5. The van der Waals surface area contributed by atoms with Crippen molar-refractivity contribution in [2.75, 3.05) is 7.11 Å². The van der Waals surface area contributed by atoms with Crippen LogP contribution in [0, 0.1) is 0 Å². The highest BCUT2D eigenvalue weighted by atomic mass is 32.2. The van der Waals surface area contributed by atoms with Crippen LogP contribution in [0.3, 0.4) is 0 Å². The van der Waals surface area contributed by atoms with Gasteiger partial charge < -0.3 is 14.3 Å². The topological polar surface area (TPSA) is 94.6 Å². The minimum Gasteiger partial charge on any atom is -0.502 e. The van der Waals surface area contributed by atoms with E-state index in [1.165, 1.54) is 24.9 Å². The monoisotopic (exact) mass is 428 g/mol. The molecule has 7 nitrogen and oxygen atoms in total. The van der Waals surface area contributed by atoms with Gasteiger partial charge in [-0.2, -0.15) is 5.10 Å². The van der Waals surface area contributed by atoms with E-state index in [4.69, 9.17) is 9.15 Å². The van der Waals surface area contributed by atoms with Gasteiger partial charge in [-0.05, 0) is 32.0 Å². The molecule has 1 atom stereocenters. The van der Waals surface area contributed by atoms with Crippen LogP contribution < -0.4 is 5.43 Å². The summed E-state index contributed by atoms with van der Waals surface area (Å²) in [6.45, 7) is 3.91. The summed E-state index contributed by atoms with van der Waals surface area (Å²) in [4.78, 5) is 25.6. The molecule has 0 bridgehead atoms. The second-order valence-corrected chi connectivity index (χ2v) is 8.07. The Morgan fingerprint density at radius 3 is 2.67 bits per heavy atom. The van der Waals surface area contributed by atoms with E-state index < -0.39 is 23.1 Å². The van der Waals surface area contributed by atoms with E-state index in [2.05, 4.69) is 5.10 Å². The standard InChI is InChI=1S/C22H24N2O5S/c1-14(2)24-18(9-10-23-24)17(12-20(26)28-3)22-21(27)19(25)11-15(29-22)13-30-16-7-5-4-6-8-16/h4-11,14,17,27H,12-13H2,1-3H3/t17-/m0/s1. The highest BCUT2D eigenvalue weighted by Gasteiger charge is 2.29. The summed E-state index contributed by atoms with van der Waals surface area (Å²) < 4.78 is 12.5. The van der Waals surface area contributed by atoms with Gasteiger partial charge in [0.15, 0.2) is 5.76 Å². The van der Waals surface area contributed by atoms with Gasteiger partial charge in [0.1, 0.15) is 5.76 Å². The predicted molar refractivity (Wildman–Crippen MR) is 114 cm³/mol. The van der Waals surface area contributed by atoms with Crippen molar-refractivity contribution in [1.82, 2.24) is 9.78 Å². The number of nitrogens with zero attached hydrogens (tertiary/aromatic N) is 2. The average Bonchev–Trinajstić information content (AvgIpc) is 3.23. The Bertz CT molecular complexity index is 1060. The zero-order valence-electron chi connectivity index (χ0n) is 17.1. The number of hydrogen-bond donors (Lipinski definition) is 1. The van der Waals surface area contributed by atoms with Crippen molar-refractivity contribution in [3.63, 3.8) is 0 Å². The first kappa shape index (κ1) is 21.7. The maximum Gasteiger partial charge on any atom is 0.306 e. The quantitative estimate of drug-likeness (QED) is 0.426. The van der Waals surface area contributed by atoms with Gasteiger partial charge in [0.05, 0.1) is 30.9 Å². The van der Waals surface area contributed by atoms with E-state index in [1.54, 1.807) is 16.9 Å². The minimum absolute atomic E-state index is 0.0147. The first-order chi connectivity index (χ1) is 14.4. The summed E-state index contributed by atoms with van der Waals surface area (Å²) in [7, 11) is 1.29. The number of carbonyl (C=O) groups is 1. The molecule has 0 aliphatic rings. The second-order valence-electron chi connectivity index (χ2n) is 7.02. The van der Waals surface area contributed by atoms with Crippen molar-refractivity contribution in [1.29, 1.82) is 0 Å². The van der Waals surface area contributed by atoms with Crippen LogP contribution in [0.4, 0.5) is 0 Å². The maximum atomic E-state index is 12.5. The number of benzene rings is 1. The molecule has 30 heavy (non-hydrogen) atoms. The largest absolute Gasteiger partial charge is 0.502 e. The van der Waals surface area contributed by atoms with E-state index >= 15 is 0 Å². The molecular formula is C22H24N2O5S. The summed E-state index contributed by atoms with van der Waals surface area (Å²) in [6.07, 6.45) is 1.52. The van der Waals surface area contributed by atoms with Gasteiger partial charge in [-0.1, -0.05) is 18.2 Å². The lowest BCUT2D eigenvalue weighted by Crippen LogP contribution is -2.18. The van der Waals surface area contributed by atoms with Gasteiger partial charge in [0.2, 0.25) is 11.2 Å². The van der Waals surface area contributed by atoms with Crippen LogP contribution in [0.1, 0.15) is 49.4 Å². The van der Waals surface area contributed by atoms with E-state index in [-0.39, 0.29) is 18.2 Å². The molecule has 0 saturated heterocycles. The first-order valence-corrected chi connectivity index (χ1v) is 10.5. The van der Waals surface area contributed by atoms with Crippen molar-refractivity contribution in [2.24, 2.45) is 0 Å². The van der Waals surface area contributed by atoms with Gasteiger partial charge in [-0.25, -0.2) is 0 Å². The SMILES string of the molecule is COC(=O)C[C@H](c1oc(CSc2ccccc2)cc(=O)c1O)c1ccnn1C(C)C. The fourth-order valence-corrected chi connectivity index (χ4v) is 3.95. The van der Waals surface area contributed by atoms with Gasteiger partial charge >= 0.3 is 5.97 Å². The van der Waals surface area contributed by atoms with E-state index in [0.717, 1.165) is 4.90 Å². The van der Waals surface area contributed by atoms with E-state index in [0.29, 0.717) is 17.2 Å². The van der Waals surface area contributed by atoms with Crippen LogP contribution in [0.25, 0.3) is 0 Å². The molecule has 0 radical (unpaired) electrons. The molecule has 1 aromatic carbocycles. The molecule has 3 aromatic rings. The highest BCUT2D eigenvalue weighted by molar-refractivity contribution is 7.98. The third-order valence-electron chi connectivity index (χ3n) is 4.59. The zero-order chi connectivity index (χ0) is 21.7. The molecule has 0 saturated carbocycles. The molecule has 0 spiro atoms. The fraction of sp³-hybridized carbons (Fsp3) is 0.318. The molecule has 1 N–H and O–H groups in total. The number of rotatable bonds is 8. The van der Waals surface area contributed by atoms with Crippen LogP contribution in [-0.2, 0) is 15.3 Å². The lowest BCUT2D eigenvalue weighted by molar-refractivity contribution is -0.141. The Hall–Kier alpha value is -3.00. The molecule has 0 unspecified atom stereocenters. The van der Waals surface area contributed by atoms with Crippen molar-refractivity contribution < 1.29 is 19.1 Å². The fourth-order valence-electron chi connectivity index (χ4n) is 3.15. The van der Waals surface area contributed by atoms with Gasteiger partial charge in [0, 0.05) is 23.2 Å². The van der Waals surface area contributed by atoms with Gasteiger partial charge in [-0.3, -0.25) is 14.3 Å². The van der Waals surface area contributed by atoms with Gasteiger partial charge in [-0.15, -0.1) is 11.8 Å². The highest BCUT2D eigenvalue weighted by Crippen LogP contribution is 2.35. The molecule has 8 heteroatoms. The summed E-state index contributed by atoms with van der Waals surface area (Å²) in [6, 6.07) is 12.8. The zero-order valence-corrected chi connectivity index (χ0v) is 17.9. The number of aromatic hydroxyl groups is 1. The molecule has 0 fully saturated rings. The Morgan fingerprint density at radius 1 is 1.27 bits per heavy atom. The number of carbonyl (C=O) groups excluding carboxylic acids is 1. The van der Waals surface area contributed by atoms with Crippen molar-refractivity contribution in [2.45, 2.75) is 42.9 Å². The molecule has 0 aliphatic carbocycles. The molecule has 3 rings (SSSR count). The molecule has 0 aliphatic heterocycles. The number of thioether (sulfide) groups is 1. The summed E-state index contributed by atoms with van der Waals surface area (Å²) in [5, 5.41) is 14.8. The lowest BCUT2D eigenvalue weighted by Gasteiger charge is -2.20. The van der Waals surface area contributed by atoms with Crippen molar-refractivity contribution >= 4 is 17.7 Å². The van der Waals surface area contributed by atoms with Crippen molar-refractivity contribution in [3.05, 3.63) is 76.1 Å².